The number of furan rings is 2. The van der Waals surface area contributed by atoms with Crippen LogP contribution in [-0.4, -0.2) is 15.9 Å². The Morgan fingerprint density at radius 3 is 2.07 bits per heavy atom. The van der Waals surface area contributed by atoms with Gasteiger partial charge in [-0.1, -0.05) is 117 Å². The number of para-hydroxylation sites is 1. The molecule has 6 rings (SSSR count). The van der Waals surface area contributed by atoms with E-state index in [1.54, 1.807) is 0 Å². The predicted molar refractivity (Wildman–Crippen MR) is 231 cm³/mol. The Kier molecular flexibility index (Phi) is 14.1. The van der Waals surface area contributed by atoms with Crippen molar-refractivity contribution in [2.45, 2.75) is 128 Å². The second kappa shape index (κ2) is 17.7. The SMILES string of the molecule is CCC(C)(CC)C(=O)/C=C(\O)C(C)(CC)CC.Cc1c(CC(C)C)oc2c(-c3oc4ccnc(-c5[c-]c6ccccc6c(C(C)(C)C)c5)c4c3C)cccc12.[Ir]. The van der Waals surface area contributed by atoms with Gasteiger partial charge in [-0.2, -0.15) is 0 Å². The molecular weight excluding hydrogens is 871 g/mol. The van der Waals surface area contributed by atoms with E-state index in [1.807, 2.05) is 53.8 Å². The molecule has 0 saturated heterocycles. The van der Waals surface area contributed by atoms with E-state index in [1.165, 1.54) is 22.6 Å². The Bertz CT molecular complexity index is 2340. The smallest absolute Gasteiger partial charge is 0.164 e. The van der Waals surface area contributed by atoms with E-state index in [9.17, 15) is 9.90 Å². The number of carbonyl (C=O) groups is 1. The van der Waals surface area contributed by atoms with E-state index in [2.05, 4.69) is 103 Å². The molecule has 0 unspecified atom stereocenters. The van der Waals surface area contributed by atoms with Gasteiger partial charge in [0.1, 0.15) is 28.4 Å². The molecule has 0 bridgehead atoms. The number of aryl methyl sites for hydroxylation is 2. The normalized spacial score (nSPS) is 12.6. The van der Waals surface area contributed by atoms with Crippen molar-refractivity contribution in [1.82, 2.24) is 4.98 Å². The van der Waals surface area contributed by atoms with Crippen LogP contribution in [0.15, 0.2) is 81.5 Å². The minimum Gasteiger partial charge on any atom is -0.512 e. The number of ketones is 1. The van der Waals surface area contributed by atoms with E-state index in [0.717, 1.165) is 93.3 Å². The molecule has 6 aromatic rings. The molecule has 3 heterocycles. The summed E-state index contributed by atoms with van der Waals surface area (Å²) in [6.45, 7) is 27.6. The first kappa shape index (κ1) is 44.7. The van der Waals surface area contributed by atoms with Gasteiger partial charge in [0.15, 0.2) is 5.78 Å². The van der Waals surface area contributed by atoms with Gasteiger partial charge in [-0.25, -0.2) is 0 Å². The number of nitrogens with zero attached hydrogens (tertiary/aromatic N) is 1. The van der Waals surface area contributed by atoms with Crippen molar-refractivity contribution in [3.05, 3.63) is 101 Å². The van der Waals surface area contributed by atoms with Gasteiger partial charge in [0.05, 0.1) is 5.56 Å². The van der Waals surface area contributed by atoms with Gasteiger partial charge >= 0.3 is 0 Å². The number of aliphatic hydroxyl groups excluding tert-OH is 1. The Morgan fingerprint density at radius 2 is 1.46 bits per heavy atom. The van der Waals surface area contributed by atoms with Gasteiger partial charge < -0.3 is 13.9 Å². The number of rotatable bonds is 11. The minimum atomic E-state index is -0.337. The fraction of sp³-hybridized carbons (Fsp3) is 0.440. The molecule has 0 aliphatic carbocycles. The molecule has 3 aromatic heterocycles. The summed E-state index contributed by atoms with van der Waals surface area (Å²) in [4.78, 5) is 17.1. The molecular formula is C50H62IrNO4-. The predicted octanol–water partition coefficient (Wildman–Crippen LogP) is 14.6. The van der Waals surface area contributed by atoms with Crippen LogP contribution in [0.3, 0.4) is 0 Å². The summed E-state index contributed by atoms with van der Waals surface area (Å²) in [5.41, 5.74) is 7.53. The Labute approximate surface area is 348 Å². The van der Waals surface area contributed by atoms with Crippen LogP contribution in [0.2, 0.25) is 0 Å². The molecule has 6 heteroatoms. The van der Waals surface area contributed by atoms with Crippen molar-refractivity contribution >= 4 is 38.5 Å². The second-order valence-electron chi connectivity index (χ2n) is 17.3. The van der Waals surface area contributed by atoms with E-state index >= 15 is 0 Å². The third-order valence-corrected chi connectivity index (χ3v) is 12.2. The van der Waals surface area contributed by atoms with Crippen LogP contribution in [0.4, 0.5) is 0 Å². The maximum absolute atomic E-state index is 12.2. The van der Waals surface area contributed by atoms with Gasteiger partial charge in [0.2, 0.25) is 0 Å². The molecule has 0 aliphatic rings. The molecule has 0 fully saturated rings. The number of pyridine rings is 1. The van der Waals surface area contributed by atoms with E-state index < -0.39 is 0 Å². The molecule has 5 nitrogen and oxygen atoms in total. The number of hydrogen-bond donors (Lipinski definition) is 1. The van der Waals surface area contributed by atoms with Crippen LogP contribution in [0.25, 0.3) is 55.3 Å². The van der Waals surface area contributed by atoms with Crippen molar-refractivity contribution < 1.29 is 38.8 Å². The van der Waals surface area contributed by atoms with Gasteiger partial charge in [-0.05, 0) is 74.1 Å². The number of carbonyl (C=O) groups excluding carboxylic acids is 1. The topological polar surface area (TPSA) is 76.5 Å². The average molecular weight is 933 g/mol. The standard InChI is InChI=1S/C35H34NO2.C15H28O2.Ir/c1-20(2)17-30-21(3)25-13-10-14-27(34(25)38-30)33-22(4)31-29(37-33)15-16-36-32(31)24-18-23-11-8-9-12-26(23)28(19-24)35(5,6)7;1-7-14(5,8-2)12(16)11-13(17)15(6,9-3)10-4;/h8-16,19-20H,17H2,1-7H3;11,16H,7-10H2,1-6H3;/q-1;;/b;12-11-;. The molecule has 0 saturated carbocycles. The Hall–Kier alpha value is -3.99. The number of hydrogen-bond acceptors (Lipinski definition) is 5. The maximum atomic E-state index is 12.2. The Balaban J connectivity index is 0.000000330. The van der Waals surface area contributed by atoms with Crippen molar-refractivity contribution in [2.24, 2.45) is 16.7 Å². The van der Waals surface area contributed by atoms with Crippen molar-refractivity contribution in [3.8, 4) is 22.6 Å². The summed E-state index contributed by atoms with van der Waals surface area (Å²) in [5, 5.41) is 14.6. The second-order valence-corrected chi connectivity index (χ2v) is 17.3. The van der Waals surface area contributed by atoms with Crippen molar-refractivity contribution in [2.75, 3.05) is 0 Å². The summed E-state index contributed by atoms with van der Waals surface area (Å²) < 4.78 is 13.0. The molecule has 1 N–H and O–H groups in total. The van der Waals surface area contributed by atoms with E-state index in [4.69, 9.17) is 13.8 Å². The van der Waals surface area contributed by atoms with Gasteiger partial charge in [0, 0.05) is 66.1 Å². The fourth-order valence-corrected chi connectivity index (χ4v) is 7.35. The average Bonchev–Trinajstić information content (AvgIpc) is 3.68. The van der Waals surface area contributed by atoms with Crippen LogP contribution in [-0.2, 0) is 36.7 Å². The number of benzene rings is 3. The molecule has 0 spiro atoms. The molecule has 1 radical (unpaired) electrons. The zero-order chi connectivity index (χ0) is 40.5. The van der Waals surface area contributed by atoms with Crippen molar-refractivity contribution in [1.29, 1.82) is 0 Å². The number of allylic oxidation sites excluding steroid dienone is 2. The zero-order valence-electron chi connectivity index (χ0n) is 35.9. The maximum Gasteiger partial charge on any atom is 0.164 e. The minimum absolute atomic E-state index is 0. The molecule has 0 amide bonds. The molecule has 56 heavy (non-hydrogen) atoms. The number of aromatic nitrogens is 1. The third kappa shape index (κ3) is 8.77. The zero-order valence-corrected chi connectivity index (χ0v) is 38.3. The van der Waals surface area contributed by atoms with Gasteiger partial charge in [-0.3, -0.25) is 9.78 Å². The quantitative estimate of drug-likeness (QED) is 0.0796. The largest absolute Gasteiger partial charge is 0.512 e. The van der Waals surface area contributed by atoms with E-state index in [-0.39, 0.29) is 47.9 Å². The first-order valence-corrected chi connectivity index (χ1v) is 20.2. The molecule has 3 aromatic carbocycles. The van der Waals surface area contributed by atoms with Crippen molar-refractivity contribution in [3.63, 3.8) is 0 Å². The Morgan fingerprint density at radius 1 is 0.839 bits per heavy atom. The van der Waals surface area contributed by atoms with Crippen LogP contribution in [0, 0.1) is 36.7 Å². The van der Waals surface area contributed by atoms with Gasteiger partial charge in [-0.15, -0.1) is 29.1 Å². The van der Waals surface area contributed by atoms with Crippen LogP contribution >= 0.6 is 0 Å². The number of aliphatic hydroxyl groups is 1. The van der Waals surface area contributed by atoms with Crippen LogP contribution < -0.4 is 0 Å². The number of fused-ring (bicyclic) bond motifs is 3. The van der Waals surface area contributed by atoms with E-state index in [0.29, 0.717) is 5.92 Å². The summed E-state index contributed by atoms with van der Waals surface area (Å²) in [6, 6.07) is 22.7. The summed E-state index contributed by atoms with van der Waals surface area (Å²) in [7, 11) is 0. The van der Waals surface area contributed by atoms with Gasteiger partial charge in [0.25, 0.3) is 0 Å². The molecule has 301 valence electrons. The monoisotopic (exact) mass is 933 g/mol. The molecule has 0 atom stereocenters. The summed E-state index contributed by atoms with van der Waals surface area (Å²) >= 11 is 0. The fourth-order valence-electron chi connectivity index (χ4n) is 7.35. The first-order valence-electron chi connectivity index (χ1n) is 20.2. The summed E-state index contributed by atoms with van der Waals surface area (Å²) in [5.74, 6) is 2.70. The summed E-state index contributed by atoms with van der Waals surface area (Å²) in [6.07, 6.45) is 7.51. The first-order chi connectivity index (χ1) is 25.9. The van der Waals surface area contributed by atoms with Crippen LogP contribution in [0.5, 0.6) is 0 Å². The molecule has 0 aliphatic heterocycles. The third-order valence-electron chi connectivity index (χ3n) is 12.2. The van der Waals surface area contributed by atoms with Crippen LogP contribution in [0.1, 0.15) is 124 Å².